The lowest BCUT2D eigenvalue weighted by atomic mass is 10.0. The summed E-state index contributed by atoms with van der Waals surface area (Å²) in [7, 11) is 0. The monoisotopic (exact) mass is 553 g/mol. The fraction of sp³-hybridized carbons (Fsp3) is 0.278. The number of hydrogen-bond donors (Lipinski definition) is 2. The molecule has 1 unspecified atom stereocenters. The first-order valence-corrected chi connectivity index (χ1v) is 15.1. The molecule has 8 rings (SSSR count). The highest BCUT2D eigenvalue weighted by Gasteiger charge is 2.47. The highest BCUT2D eigenvalue weighted by atomic mass is 16.6. The maximum absolute atomic E-state index is 6.06. The van der Waals surface area contributed by atoms with Gasteiger partial charge in [0.2, 0.25) is 5.95 Å². The molecule has 4 aromatic carbocycles. The predicted molar refractivity (Wildman–Crippen MR) is 169 cm³/mol. The quantitative estimate of drug-likeness (QED) is 0.191. The molecule has 3 aliphatic heterocycles. The van der Waals surface area contributed by atoms with Gasteiger partial charge in [0.25, 0.3) is 0 Å². The van der Waals surface area contributed by atoms with E-state index in [1.54, 1.807) is 0 Å². The summed E-state index contributed by atoms with van der Waals surface area (Å²) in [5.41, 5.74) is 8.22. The van der Waals surface area contributed by atoms with Crippen LogP contribution in [0.2, 0.25) is 0 Å². The smallest absolute Gasteiger partial charge is 0.228 e. The van der Waals surface area contributed by atoms with Gasteiger partial charge in [0.15, 0.2) is 5.72 Å². The van der Waals surface area contributed by atoms with Gasteiger partial charge < -0.3 is 15.4 Å². The summed E-state index contributed by atoms with van der Waals surface area (Å²) in [4.78, 5) is 12.4. The highest BCUT2D eigenvalue weighted by molar-refractivity contribution is 5.93. The standard InChI is InChI=1S/C36H35N5O/c1-24-11-12-25(22-41-29-17-18-30(41)20-19-29)21-33(24)40-36(23-42-36)27-13-15-28(16-14-27)37-35-38-32-10-6-5-9-31(32)34(39-35)26-7-3-2-4-8-26/h2-16,21,29-30,40H,17-20,22-23H2,1H3,(H,37,38,39). The number of ether oxygens (including phenoxy) is 1. The molecule has 4 heterocycles. The summed E-state index contributed by atoms with van der Waals surface area (Å²) in [6.45, 7) is 3.86. The van der Waals surface area contributed by atoms with Crippen LogP contribution in [0.1, 0.15) is 42.4 Å². The number of nitrogens with one attached hydrogen (secondary N) is 2. The summed E-state index contributed by atoms with van der Waals surface area (Å²) in [5, 5.41) is 8.21. The first-order chi connectivity index (χ1) is 20.6. The average Bonchev–Trinajstić information content (AvgIpc) is 3.60. The van der Waals surface area contributed by atoms with E-state index in [2.05, 4.69) is 83.1 Å². The summed E-state index contributed by atoms with van der Waals surface area (Å²) < 4.78 is 6.06. The summed E-state index contributed by atoms with van der Waals surface area (Å²) in [5.74, 6) is 0.578. The first kappa shape index (κ1) is 25.5. The molecule has 6 nitrogen and oxygen atoms in total. The Kier molecular flexibility index (Phi) is 6.20. The van der Waals surface area contributed by atoms with Crippen LogP contribution in [-0.4, -0.2) is 33.6 Å². The molecule has 2 N–H and O–H groups in total. The summed E-state index contributed by atoms with van der Waals surface area (Å²) in [6.07, 6.45) is 5.46. The zero-order valence-corrected chi connectivity index (χ0v) is 23.9. The van der Waals surface area contributed by atoms with Crippen LogP contribution in [0.5, 0.6) is 0 Å². The third kappa shape index (κ3) is 4.71. The van der Waals surface area contributed by atoms with Crippen LogP contribution in [0.15, 0.2) is 97.1 Å². The van der Waals surface area contributed by atoms with Gasteiger partial charge >= 0.3 is 0 Å². The largest absolute Gasteiger partial charge is 0.352 e. The number of anilines is 3. The molecule has 3 fully saturated rings. The van der Waals surface area contributed by atoms with Gasteiger partial charge in [-0.2, -0.15) is 0 Å². The van der Waals surface area contributed by atoms with Gasteiger partial charge in [-0.15, -0.1) is 0 Å². The molecule has 210 valence electrons. The normalized spacial score (nSPS) is 22.9. The van der Waals surface area contributed by atoms with Crippen molar-refractivity contribution >= 4 is 28.2 Å². The fourth-order valence-electron chi connectivity index (χ4n) is 6.89. The molecule has 1 aromatic heterocycles. The molecule has 3 aliphatic rings. The van der Waals surface area contributed by atoms with Crippen LogP contribution in [0.25, 0.3) is 22.2 Å². The van der Waals surface area contributed by atoms with Crippen LogP contribution >= 0.6 is 0 Å². The Labute approximate surface area is 246 Å². The van der Waals surface area contributed by atoms with Crippen molar-refractivity contribution in [2.24, 2.45) is 0 Å². The van der Waals surface area contributed by atoms with Gasteiger partial charge in [0.05, 0.1) is 11.2 Å². The van der Waals surface area contributed by atoms with Crippen molar-refractivity contribution in [3.05, 3.63) is 114 Å². The number of rotatable bonds is 8. The van der Waals surface area contributed by atoms with E-state index in [0.717, 1.165) is 57.7 Å². The number of aryl methyl sites for hydroxylation is 1. The second kappa shape index (κ2) is 10.2. The number of fused-ring (bicyclic) bond motifs is 3. The molecule has 5 aromatic rings. The van der Waals surface area contributed by atoms with Gasteiger partial charge in [-0.05, 0) is 68.0 Å². The average molecular weight is 554 g/mol. The van der Waals surface area contributed by atoms with E-state index in [1.165, 1.54) is 36.8 Å². The third-order valence-electron chi connectivity index (χ3n) is 9.30. The minimum Gasteiger partial charge on any atom is -0.352 e. The van der Waals surface area contributed by atoms with Crippen molar-refractivity contribution in [2.75, 3.05) is 17.2 Å². The Balaban J connectivity index is 1.01. The minimum absolute atomic E-state index is 0.492. The molecule has 42 heavy (non-hydrogen) atoms. The van der Waals surface area contributed by atoms with Crippen LogP contribution in [0.4, 0.5) is 17.3 Å². The Hall–Kier alpha value is -4.26. The Bertz CT molecular complexity index is 1730. The van der Waals surface area contributed by atoms with Gasteiger partial charge in [0, 0.05) is 46.5 Å². The van der Waals surface area contributed by atoms with Crippen LogP contribution in [0.3, 0.4) is 0 Å². The zero-order valence-electron chi connectivity index (χ0n) is 23.9. The molecule has 6 heteroatoms. The molecular weight excluding hydrogens is 518 g/mol. The van der Waals surface area contributed by atoms with Crippen molar-refractivity contribution in [1.82, 2.24) is 14.9 Å². The van der Waals surface area contributed by atoms with E-state index < -0.39 is 5.72 Å². The zero-order chi connectivity index (χ0) is 28.1. The SMILES string of the molecule is Cc1ccc(CN2C3CCC2CC3)cc1NC1(c2ccc(Nc3nc(-c4ccccc4)c4ccccc4n3)cc2)CO1. The van der Waals surface area contributed by atoms with Gasteiger partial charge in [-0.25, -0.2) is 9.97 Å². The Morgan fingerprint density at radius 1 is 0.833 bits per heavy atom. The maximum atomic E-state index is 6.06. The number of hydrogen-bond acceptors (Lipinski definition) is 6. The van der Waals surface area contributed by atoms with Gasteiger partial charge in [-0.1, -0.05) is 72.8 Å². The van der Waals surface area contributed by atoms with Crippen LogP contribution in [0, 0.1) is 6.92 Å². The lowest BCUT2D eigenvalue weighted by Crippen LogP contribution is -2.28. The second-order valence-corrected chi connectivity index (χ2v) is 12.0. The molecule has 0 saturated carbocycles. The van der Waals surface area contributed by atoms with Crippen LogP contribution < -0.4 is 10.6 Å². The van der Waals surface area contributed by atoms with Crippen molar-refractivity contribution < 1.29 is 4.74 Å². The van der Waals surface area contributed by atoms with Gasteiger partial charge in [-0.3, -0.25) is 4.90 Å². The van der Waals surface area contributed by atoms with Gasteiger partial charge in [0.1, 0.15) is 6.61 Å². The third-order valence-corrected chi connectivity index (χ3v) is 9.30. The van der Waals surface area contributed by atoms with E-state index >= 15 is 0 Å². The molecule has 0 radical (unpaired) electrons. The Morgan fingerprint density at radius 3 is 2.29 bits per heavy atom. The van der Waals surface area contributed by atoms with Crippen molar-refractivity contribution in [2.45, 2.75) is 57.0 Å². The topological polar surface area (TPSA) is 65.6 Å². The minimum atomic E-state index is -0.492. The van der Waals surface area contributed by atoms with E-state index in [9.17, 15) is 0 Å². The van der Waals surface area contributed by atoms with Crippen LogP contribution in [-0.2, 0) is 17.0 Å². The predicted octanol–water partition coefficient (Wildman–Crippen LogP) is 7.77. The summed E-state index contributed by atoms with van der Waals surface area (Å²) >= 11 is 0. The number of benzene rings is 4. The molecule has 1 atom stereocenters. The molecule has 2 bridgehead atoms. The van der Waals surface area contributed by atoms with Crippen molar-refractivity contribution in [1.29, 1.82) is 0 Å². The number of para-hydroxylation sites is 1. The number of nitrogens with zero attached hydrogens (tertiary/aromatic N) is 3. The second-order valence-electron chi connectivity index (χ2n) is 12.0. The molecule has 0 spiro atoms. The summed E-state index contributed by atoms with van der Waals surface area (Å²) in [6, 6.07) is 35.2. The highest BCUT2D eigenvalue weighted by Crippen LogP contribution is 2.42. The lowest BCUT2D eigenvalue weighted by molar-refractivity contribution is 0.244. The van der Waals surface area contributed by atoms with Crippen molar-refractivity contribution in [3.63, 3.8) is 0 Å². The fourth-order valence-corrected chi connectivity index (χ4v) is 6.89. The molecule has 0 amide bonds. The van der Waals surface area contributed by atoms with E-state index in [-0.39, 0.29) is 0 Å². The maximum Gasteiger partial charge on any atom is 0.228 e. The van der Waals surface area contributed by atoms with Crippen molar-refractivity contribution in [3.8, 4) is 11.3 Å². The number of epoxide rings is 1. The Morgan fingerprint density at radius 2 is 1.55 bits per heavy atom. The van der Waals surface area contributed by atoms with E-state index in [4.69, 9.17) is 14.7 Å². The van der Waals surface area contributed by atoms with E-state index in [0.29, 0.717) is 12.6 Å². The number of aromatic nitrogens is 2. The first-order valence-electron chi connectivity index (χ1n) is 15.1. The molecule has 0 aliphatic carbocycles. The molecule has 3 saturated heterocycles. The lowest BCUT2D eigenvalue weighted by Gasteiger charge is -2.23. The molecular formula is C36H35N5O. The van der Waals surface area contributed by atoms with E-state index in [1.807, 2.05) is 36.4 Å².